The molecule has 1 unspecified atom stereocenters. The molecular formula is C11H16O4. The van der Waals surface area contributed by atoms with Gasteiger partial charge in [0.1, 0.15) is 0 Å². The van der Waals surface area contributed by atoms with Crippen molar-refractivity contribution in [1.29, 1.82) is 0 Å². The van der Waals surface area contributed by atoms with E-state index in [-0.39, 0.29) is 18.3 Å². The van der Waals surface area contributed by atoms with Crippen molar-refractivity contribution in [2.45, 2.75) is 45.8 Å². The summed E-state index contributed by atoms with van der Waals surface area (Å²) in [7, 11) is 0. The lowest BCUT2D eigenvalue weighted by atomic mass is 9.96. The van der Waals surface area contributed by atoms with Crippen LogP contribution < -0.4 is 0 Å². The van der Waals surface area contributed by atoms with E-state index in [0.717, 1.165) is 0 Å². The zero-order valence-corrected chi connectivity index (χ0v) is 9.49. The maximum absolute atomic E-state index is 11.7. The zero-order valence-electron chi connectivity index (χ0n) is 9.49. The molecule has 0 aliphatic carbocycles. The SMILES string of the molecule is CC1=CC(=O)CC(C)(C(=O)OC(C)C)O1. The normalized spacial score (nSPS) is 25.9. The van der Waals surface area contributed by atoms with Crippen LogP contribution in [0.15, 0.2) is 11.8 Å². The lowest BCUT2D eigenvalue weighted by molar-refractivity contribution is -0.172. The number of hydrogen-bond donors (Lipinski definition) is 0. The van der Waals surface area contributed by atoms with Gasteiger partial charge < -0.3 is 9.47 Å². The van der Waals surface area contributed by atoms with E-state index < -0.39 is 11.6 Å². The Balaban J connectivity index is 2.80. The van der Waals surface area contributed by atoms with Gasteiger partial charge >= 0.3 is 5.97 Å². The quantitative estimate of drug-likeness (QED) is 0.652. The standard InChI is InChI=1S/C11H16O4/c1-7(2)14-10(13)11(4)6-9(12)5-8(3)15-11/h5,7H,6H2,1-4H3. The summed E-state index contributed by atoms with van der Waals surface area (Å²) in [5.74, 6) is -0.144. The summed E-state index contributed by atoms with van der Waals surface area (Å²) < 4.78 is 10.4. The Kier molecular flexibility index (Phi) is 3.17. The highest BCUT2D eigenvalue weighted by molar-refractivity contribution is 5.96. The van der Waals surface area contributed by atoms with Crippen molar-refractivity contribution >= 4 is 11.8 Å². The van der Waals surface area contributed by atoms with E-state index in [0.29, 0.717) is 5.76 Å². The summed E-state index contributed by atoms with van der Waals surface area (Å²) >= 11 is 0. The predicted molar refractivity (Wildman–Crippen MR) is 54.1 cm³/mol. The molecule has 0 spiro atoms. The van der Waals surface area contributed by atoms with E-state index in [1.165, 1.54) is 6.08 Å². The first-order valence-electron chi connectivity index (χ1n) is 4.95. The van der Waals surface area contributed by atoms with Crippen molar-refractivity contribution < 1.29 is 19.1 Å². The van der Waals surface area contributed by atoms with Crippen LogP contribution in [0.5, 0.6) is 0 Å². The highest BCUT2D eigenvalue weighted by Crippen LogP contribution is 2.26. The number of allylic oxidation sites excluding steroid dienone is 2. The van der Waals surface area contributed by atoms with E-state index in [1.807, 2.05) is 0 Å². The minimum atomic E-state index is -1.17. The van der Waals surface area contributed by atoms with E-state index in [9.17, 15) is 9.59 Å². The van der Waals surface area contributed by atoms with Gasteiger partial charge in [-0.3, -0.25) is 4.79 Å². The lowest BCUT2D eigenvalue weighted by Gasteiger charge is -2.31. The topological polar surface area (TPSA) is 52.6 Å². The molecule has 15 heavy (non-hydrogen) atoms. The summed E-state index contributed by atoms with van der Waals surface area (Å²) in [5.41, 5.74) is -1.17. The molecule has 4 heteroatoms. The molecule has 0 bridgehead atoms. The largest absolute Gasteiger partial charge is 0.480 e. The third kappa shape index (κ3) is 2.81. The van der Waals surface area contributed by atoms with Crippen LogP contribution >= 0.6 is 0 Å². The van der Waals surface area contributed by atoms with Gasteiger partial charge in [0.15, 0.2) is 5.78 Å². The predicted octanol–water partition coefficient (Wildman–Crippen LogP) is 1.59. The van der Waals surface area contributed by atoms with Crippen molar-refractivity contribution in [2.24, 2.45) is 0 Å². The second-order valence-corrected chi connectivity index (χ2v) is 4.19. The van der Waals surface area contributed by atoms with Gasteiger partial charge in [-0.1, -0.05) is 0 Å². The van der Waals surface area contributed by atoms with Crippen LogP contribution in [0.25, 0.3) is 0 Å². The Labute approximate surface area is 89.2 Å². The van der Waals surface area contributed by atoms with Crippen molar-refractivity contribution in [3.05, 3.63) is 11.8 Å². The van der Waals surface area contributed by atoms with Gasteiger partial charge in [-0.2, -0.15) is 0 Å². The summed E-state index contributed by atoms with van der Waals surface area (Å²) in [5, 5.41) is 0. The number of hydrogen-bond acceptors (Lipinski definition) is 4. The Morgan fingerprint density at radius 1 is 1.60 bits per heavy atom. The number of ether oxygens (including phenoxy) is 2. The van der Waals surface area contributed by atoms with Crippen LogP contribution in [0.1, 0.15) is 34.1 Å². The molecule has 0 aromatic rings. The smallest absolute Gasteiger partial charge is 0.350 e. The maximum atomic E-state index is 11.7. The van der Waals surface area contributed by atoms with Gasteiger partial charge in [0.2, 0.25) is 5.60 Å². The molecule has 1 heterocycles. The molecular weight excluding hydrogens is 196 g/mol. The van der Waals surface area contributed by atoms with Crippen LogP contribution in [-0.4, -0.2) is 23.5 Å². The van der Waals surface area contributed by atoms with Crippen molar-refractivity contribution in [3.8, 4) is 0 Å². The minimum absolute atomic E-state index is 0.0376. The first kappa shape index (κ1) is 11.8. The molecule has 1 rings (SSSR count). The van der Waals surface area contributed by atoms with Crippen LogP contribution in [-0.2, 0) is 19.1 Å². The average Bonchev–Trinajstić information content (AvgIpc) is 1.99. The molecule has 0 aromatic heterocycles. The van der Waals surface area contributed by atoms with E-state index in [4.69, 9.17) is 9.47 Å². The first-order chi connectivity index (χ1) is 6.83. The molecule has 84 valence electrons. The summed E-state index contributed by atoms with van der Waals surface area (Å²) in [6, 6.07) is 0. The molecule has 0 aromatic carbocycles. The van der Waals surface area contributed by atoms with Crippen molar-refractivity contribution in [3.63, 3.8) is 0 Å². The number of rotatable bonds is 2. The van der Waals surface area contributed by atoms with Gasteiger partial charge in [0.05, 0.1) is 18.3 Å². The van der Waals surface area contributed by atoms with Crippen LogP contribution in [0.2, 0.25) is 0 Å². The Bertz CT molecular complexity index is 317. The number of carbonyl (C=O) groups excluding carboxylic acids is 2. The molecule has 0 amide bonds. The minimum Gasteiger partial charge on any atom is -0.480 e. The van der Waals surface area contributed by atoms with E-state index in [2.05, 4.69) is 0 Å². The van der Waals surface area contributed by atoms with Gasteiger partial charge in [-0.15, -0.1) is 0 Å². The van der Waals surface area contributed by atoms with Crippen LogP contribution in [0, 0.1) is 0 Å². The van der Waals surface area contributed by atoms with Crippen molar-refractivity contribution in [2.75, 3.05) is 0 Å². The highest BCUT2D eigenvalue weighted by atomic mass is 16.6. The monoisotopic (exact) mass is 212 g/mol. The molecule has 0 N–H and O–H groups in total. The van der Waals surface area contributed by atoms with Crippen LogP contribution in [0.3, 0.4) is 0 Å². The summed E-state index contributed by atoms with van der Waals surface area (Å²) in [4.78, 5) is 23.0. The van der Waals surface area contributed by atoms with Crippen LogP contribution in [0.4, 0.5) is 0 Å². The zero-order chi connectivity index (χ0) is 11.6. The molecule has 0 fully saturated rings. The van der Waals surface area contributed by atoms with E-state index >= 15 is 0 Å². The van der Waals surface area contributed by atoms with Crippen molar-refractivity contribution in [1.82, 2.24) is 0 Å². The lowest BCUT2D eigenvalue weighted by Crippen LogP contribution is -2.44. The van der Waals surface area contributed by atoms with E-state index in [1.54, 1.807) is 27.7 Å². The van der Waals surface area contributed by atoms with Gasteiger partial charge in [-0.05, 0) is 27.7 Å². The molecule has 1 atom stereocenters. The fourth-order valence-electron chi connectivity index (χ4n) is 1.48. The molecule has 1 aliphatic heterocycles. The number of esters is 1. The Hall–Kier alpha value is -1.32. The Morgan fingerprint density at radius 3 is 2.67 bits per heavy atom. The number of carbonyl (C=O) groups is 2. The average molecular weight is 212 g/mol. The molecule has 4 nitrogen and oxygen atoms in total. The third-order valence-electron chi connectivity index (χ3n) is 2.04. The number of ketones is 1. The third-order valence-corrected chi connectivity index (χ3v) is 2.04. The molecule has 0 saturated carbocycles. The summed E-state index contributed by atoms with van der Waals surface area (Å²) in [6.45, 7) is 6.74. The fourth-order valence-corrected chi connectivity index (χ4v) is 1.48. The maximum Gasteiger partial charge on any atom is 0.350 e. The summed E-state index contributed by atoms with van der Waals surface area (Å²) in [6.07, 6.45) is 1.22. The molecule has 1 aliphatic rings. The second-order valence-electron chi connectivity index (χ2n) is 4.19. The Morgan fingerprint density at radius 2 is 2.20 bits per heavy atom. The van der Waals surface area contributed by atoms with Gasteiger partial charge in [0.25, 0.3) is 0 Å². The highest BCUT2D eigenvalue weighted by Gasteiger charge is 2.42. The fraction of sp³-hybridized carbons (Fsp3) is 0.636. The van der Waals surface area contributed by atoms with Gasteiger partial charge in [0, 0.05) is 6.08 Å². The molecule has 0 radical (unpaired) electrons. The van der Waals surface area contributed by atoms with Gasteiger partial charge in [-0.25, -0.2) is 4.79 Å². The second kappa shape index (κ2) is 4.04. The molecule has 0 saturated heterocycles. The first-order valence-corrected chi connectivity index (χ1v) is 4.95.